The summed E-state index contributed by atoms with van der Waals surface area (Å²) in [5.74, 6) is 0. The number of ether oxygens (including phenoxy) is 2. The van der Waals surface area contributed by atoms with Crippen molar-refractivity contribution in [2.24, 2.45) is 0 Å². The highest BCUT2D eigenvalue weighted by molar-refractivity contribution is 6.34. The number of hydrogen-bond acceptors (Lipinski definition) is 2. The molecule has 0 amide bonds. The third-order valence-electron chi connectivity index (χ3n) is 2.73. The fourth-order valence-electron chi connectivity index (χ4n) is 1.56. The fraction of sp³-hybridized carbons (Fsp3) is 0.500. The first-order valence-electron chi connectivity index (χ1n) is 5.26. The van der Waals surface area contributed by atoms with Crippen LogP contribution >= 0.6 is 0 Å². The van der Waals surface area contributed by atoms with Gasteiger partial charge in [-0.2, -0.15) is 0 Å². The smallest absolute Gasteiger partial charge is 0.114 e. The van der Waals surface area contributed by atoms with Gasteiger partial charge in [0.15, 0.2) is 0 Å². The Bertz CT molecular complexity index is 347. The maximum absolute atomic E-state index is 5.99. The van der Waals surface area contributed by atoms with Crippen LogP contribution in [-0.4, -0.2) is 27.2 Å². The van der Waals surface area contributed by atoms with E-state index in [0.29, 0.717) is 12.7 Å². The van der Waals surface area contributed by atoms with E-state index in [1.54, 1.807) is 0 Å². The first-order chi connectivity index (χ1) is 7.18. The molecule has 1 fully saturated rings. The molecule has 0 saturated carbocycles. The molecule has 0 aliphatic carbocycles. The Hall–Kier alpha value is -0.795. The fourth-order valence-corrected chi connectivity index (χ4v) is 1.56. The average Bonchev–Trinajstić information content (AvgIpc) is 3.02. The summed E-state index contributed by atoms with van der Waals surface area (Å²) < 4.78 is 10.8. The quantitative estimate of drug-likeness (QED) is 0.541. The maximum Gasteiger partial charge on any atom is 0.114 e. The van der Waals surface area contributed by atoms with Crippen LogP contribution < -0.4 is 5.46 Å². The van der Waals surface area contributed by atoms with Crippen molar-refractivity contribution in [2.45, 2.75) is 26.1 Å². The van der Waals surface area contributed by atoms with E-state index >= 15 is 0 Å². The van der Waals surface area contributed by atoms with Crippen molar-refractivity contribution in [1.82, 2.24) is 0 Å². The summed E-state index contributed by atoms with van der Waals surface area (Å²) in [5.41, 5.74) is 3.00. The molecule has 0 unspecified atom stereocenters. The summed E-state index contributed by atoms with van der Waals surface area (Å²) in [6.45, 7) is 5.52. The lowest BCUT2D eigenvalue weighted by Gasteiger charge is -2.16. The van der Waals surface area contributed by atoms with E-state index in [9.17, 15) is 0 Å². The van der Waals surface area contributed by atoms with Gasteiger partial charge in [-0.25, -0.2) is 0 Å². The van der Waals surface area contributed by atoms with Gasteiger partial charge in [0.25, 0.3) is 0 Å². The van der Waals surface area contributed by atoms with E-state index in [-0.39, 0.29) is 6.10 Å². The number of aryl methyl sites for hydroxylation is 1. The molecule has 1 aromatic rings. The second-order valence-electron chi connectivity index (χ2n) is 4.01. The van der Waals surface area contributed by atoms with Crippen molar-refractivity contribution in [3.05, 3.63) is 29.3 Å². The van der Waals surface area contributed by atoms with Gasteiger partial charge in [-0.3, -0.25) is 0 Å². The molecule has 1 heterocycles. The van der Waals surface area contributed by atoms with Crippen molar-refractivity contribution < 1.29 is 9.47 Å². The molecule has 78 valence electrons. The summed E-state index contributed by atoms with van der Waals surface area (Å²) in [6, 6.07) is 6.03. The molecule has 1 aliphatic rings. The van der Waals surface area contributed by atoms with E-state index in [0.717, 1.165) is 23.2 Å². The largest absolute Gasteiger partial charge is 0.371 e. The van der Waals surface area contributed by atoms with Gasteiger partial charge in [0.2, 0.25) is 0 Å². The first-order valence-corrected chi connectivity index (χ1v) is 5.26. The van der Waals surface area contributed by atoms with Gasteiger partial charge in [-0.15, -0.1) is 0 Å². The summed E-state index contributed by atoms with van der Waals surface area (Å²) in [7, 11) is 5.99. The number of benzene rings is 1. The minimum Gasteiger partial charge on any atom is -0.371 e. The average molecular weight is 202 g/mol. The van der Waals surface area contributed by atoms with Crippen LogP contribution in [0.25, 0.3) is 0 Å². The van der Waals surface area contributed by atoms with Gasteiger partial charge in [0.1, 0.15) is 14.0 Å². The summed E-state index contributed by atoms with van der Waals surface area (Å²) in [4.78, 5) is 0. The highest BCUT2D eigenvalue weighted by atomic mass is 16.6. The Labute approximate surface area is 92.0 Å². The van der Waals surface area contributed by atoms with Gasteiger partial charge in [0.05, 0.1) is 19.3 Å². The summed E-state index contributed by atoms with van der Waals surface area (Å²) >= 11 is 0. The molecule has 2 nitrogen and oxygen atoms in total. The molecule has 0 N–H and O–H groups in total. The van der Waals surface area contributed by atoms with Crippen LogP contribution in [0.1, 0.15) is 24.2 Å². The van der Waals surface area contributed by atoms with Crippen LogP contribution in [0.2, 0.25) is 0 Å². The van der Waals surface area contributed by atoms with E-state index in [2.05, 4.69) is 0 Å². The second-order valence-corrected chi connectivity index (χ2v) is 4.01. The monoisotopic (exact) mass is 202 g/mol. The molecule has 3 heteroatoms. The Balaban J connectivity index is 2.02. The standard InChI is InChI=1S/C12H15BO2/c1-8-4-3-5-11(12(8)13)9(2)14-6-10-7-15-10/h3-5,9-10H,6-7H2,1-2H3/t9-,10+/m1/s1. The van der Waals surface area contributed by atoms with Crippen LogP contribution in [0.5, 0.6) is 0 Å². The van der Waals surface area contributed by atoms with E-state index in [4.69, 9.17) is 17.3 Å². The third kappa shape index (κ3) is 2.61. The van der Waals surface area contributed by atoms with E-state index in [1.807, 2.05) is 32.0 Å². The Morgan fingerprint density at radius 2 is 2.33 bits per heavy atom. The third-order valence-corrected chi connectivity index (χ3v) is 2.73. The maximum atomic E-state index is 5.99. The van der Waals surface area contributed by atoms with Gasteiger partial charge in [-0.1, -0.05) is 29.2 Å². The molecular formula is C12H15BO2. The van der Waals surface area contributed by atoms with Gasteiger partial charge < -0.3 is 9.47 Å². The van der Waals surface area contributed by atoms with Gasteiger partial charge >= 0.3 is 0 Å². The van der Waals surface area contributed by atoms with Gasteiger partial charge in [0, 0.05) is 0 Å². The summed E-state index contributed by atoms with van der Waals surface area (Å²) in [5, 5.41) is 0. The normalized spacial score (nSPS) is 21.3. The zero-order chi connectivity index (χ0) is 10.8. The SMILES string of the molecule is [B]c1c(C)cccc1[C@@H](C)OC[C@H]1CO1. The van der Waals surface area contributed by atoms with E-state index in [1.165, 1.54) is 0 Å². The highest BCUT2D eigenvalue weighted by Gasteiger charge is 2.23. The van der Waals surface area contributed by atoms with Crippen LogP contribution in [0.15, 0.2) is 18.2 Å². The lowest BCUT2D eigenvalue weighted by molar-refractivity contribution is 0.0545. The predicted molar refractivity (Wildman–Crippen MR) is 60.7 cm³/mol. The Morgan fingerprint density at radius 3 is 3.00 bits per heavy atom. The molecule has 2 atom stereocenters. The van der Waals surface area contributed by atoms with Crippen molar-refractivity contribution >= 4 is 13.3 Å². The van der Waals surface area contributed by atoms with Crippen molar-refractivity contribution in [3.63, 3.8) is 0 Å². The Kier molecular flexibility index (Phi) is 3.12. The van der Waals surface area contributed by atoms with Gasteiger partial charge in [-0.05, 0) is 19.4 Å². The van der Waals surface area contributed by atoms with Crippen LogP contribution in [0.4, 0.5) is 0 Å². The Morgan fingerprint density at radius 1 is 1.60 bits per heavy atom. The minimum absolute atomic E-state index is 0.0362. The summed E-state index contributed by atoms with van der Waals surface area (Å²) in [6.07, 6.45) is 0.340. The molecular weight excluding hydrogens is 187 g/mol. The first kappa shape index (κ1) is 10.7. The van der Waals surface area contributed by atoms with Crippen molar-refractivity contribution in [3.8, 4) is 0 Å². The van der Waals surface area contributed by atoms with E-state index < -0.39 is 0 Å². The topological polar surface area (TPSA) is 21.8 Å². The van der Waals surface area contributed by atoms with Crippen LogP contribution in [-0.2, 0) is 9.47 Å². The zero-order valence-corrected chi connectivity index (χ0v) is 9.19. The van der Waals surface area contributed by atoms with Crippen molar-refractivity contribution in [2.75, 3.05) is 13.2 Å². The second kappa shape index (κ2) is 4.37. The molecule has 15 heavy (non-hydrogen) atoms. The molecule has 1 aliphatic heterocycles. The lowest BCUT2D eigenvalue weighted by atomic mass is 9.84. The molecule has 1 saturated heterocycles. The van der Waals surface area contributed by atoms with Crippen molar-refractivity contribution in [1.29, 1.82) is 0 Å². The highest BCUT2D eigenvalue weighted by Crippen LogP contribution is 2.18. The number of hydrogen-bond donors (Lipinski definition) is 0. The molecule has 0 bridgehead atoms. The molecule has 2 radical (unpaired) electrons. The van der Waals surface area contributed by atoms with Crippen LogP contribution in [0.3, 0.4) is 0 Å². The number of epoxide rings is 1. The minimum atomic E-state index is 0.0362. The zero-order valence-electron chi connectivity index (χ0n) is 9.19. The molecule has 0 aromatic heterocycles. The molecule has 0 spiro atoms. The molecule has 2 rings (SSSR count). The lowest BCUT2D eigenvalue weighted by Crippen LogP contribution is -2.18. The predicted octanol–water partition coefficient (Wildman–Crippen LogP) is 1.27. The number of rotatable bonds is 4. The van der Waals surface area contributed by atoms with Crippen LogP contribution in [0, 0.1) is 6.92 Å². The molecule has 1 aromatic carbocycles.